The minimum absolute atomic E-state index is 0.166. The molecule has 5 rings (SSSR count). The number of nitrogens with zero attached hydrogens (tertiary/aromatic N) is 5. The number of pyridine rings is 1. The van der Waals surface area contributed by atoms with Crippen molar-refractivity contribution in [3.8, 4) is 5.69 Å². The lowest BCUT2D eigenvalue weighted by Gasteiger charge is -2.11. The molecule has 0 aliphatic carbocycles. The third-order valence-corrected chi connectivity index (χ3v) is 5.34. The van der Waals surface area contributed by atoms with Gasteiger partial charge in [0, 0.05) is 24.7 Å². The molecule has 5 aromatic rings. The standard InChI is InChI=1S/C24H20N6O3/c31-22(25-14-8-16-29-24(33)28-15-7-6-13-20(28)26-29)21-18-11-4-5-12-19(18)23(32)30(27-21)17-9-2-1-3-10-17/h1-7,9-13,15H,8,14,16H2,(H,25,31). The van der Waals surface area contributed by atoms with E-state index < -0.39 is 5.91 Å². The van der Waals surface area contributed by atoms with Gasteiger partial charge in [-0.1, -0.05) is 42.5 Å². The zero-order valence-corrected chi connectivity index (χ0v) is 17.6. The largest absolute Gasteiger partial charge is 0.351 e. The second-order valence-corrected chi connectivity index (χ2v) is 7.49. The summed E-state index contributed by atoms with van der Waals surface area (Å²) in [5, 5.41) is 12.4. The van der Waals surface area contributed by atoms with E-state index in [1.54, 1.807) is 66.9 Å². The molecular formula is C24H20N6O3. The first-order chi connectivity index (χ1) is 16.1. The van der Waals surface area contributed by atoms with E-state index in [4.69, 9.17) is 0 Å². The van der Waals surface area contributed by atoms with E-state index in [0.29, 0.717) is 41.6 Å². The molecule has 9 nitrogen and oxygen atoms in total. The second kappa shape index (κ2) is 8.54. The first kappa shape index (κ1) is 20.4. The molecule has 1 N–H and O–H groups in total. The van der Waals surface area contributed by atoms with Gasteiger partial charge in [-0.05, 0) is 36.8 Å². The first-order valence-electron chi connectivity index (χ1n) is 10.5. The molecule has 0 radical (unpaired) electrons. The van der Waals surface area contributed by atoms with Crippen LogP contribution >= 0.6 is 0 Å². The summed E-state index contributed by atoms with van der Waals surface area (Å²) in [6, 6.07) is 21.3. The fraction of sp³-hybridized carbons (Fsp3) is 0.125. The fourth-order valence-corrected chi connectivity index (χ4v) is 3.73. The van der Waals surface area contributed by atoms with Crippen molar-refractivity contribution in [2.45, 2.75) is 13.0 Å². The summed E-state index contributed by atoms with van der Waals surface area (Å²) in [6.07, 6.45) is 2.17. The van der Waals surface area contributed by atoms with Crippen LogP contribution in [0.3, 0.4) is 0 Å². The van der Waals surface area contributed by atoms with E-state index in [1.807, 2.05) is 12.1 Å². The summed E-state index contributed by atoms with van der Waals surface area (Å²) in [6.45, 7) is 0.679. The molecular weight excluding hydrogens is 420 g/mol. The maximum absolute atomic E-state index is 13.0. The van der Waals surface area contributed by atoms with Crippen LogP contribution in [0.5, 0.6) is 0 Å². The number of para-hydroxylation sites is 1. The number of rotatable bonds is 6. The summed E-state index contributed by atoms with van der Waals surface area (Å²) < 4.78 is 4.10. The van der Waals surface area contributed by atoms with Crippen LogP contribution in [0.15, 0.2) is 88.6 Å². The molecule has 0 aliphatic rings. The minimum atomic E-state index is -0.391. The Morgan fingerprint density at radius 1 is 0.848 bits per heavy atom. The van der Waals surface area contributed by atoms with Gasteiger partial charge in [-0.25, -0.2) is 9.48 Å². The van der Waals surface area contributed by atoms with Gasteiger partial charge >= 0.3 is 5.69 Å². The van der Waals surface area contributed by atoms with Crippen molar-refractivity contribution >= 4 is 22.3 Å². The van der Waals surface area contributed by atoms with Gasteiger partial charge in [-0.3, -0.25) is 14.0 Å². The molecule has 0 fully saturated rings. The number of aromatic nitrogens is 5. The Kier molecular flexibility index (Phi) is 5.27. The fourth-order valence-electron chi connectivity index (χ4n) is 3.73. The number of carbonyl (C=O) groups excluding carboxylic acids is 1. The van der Waals surface area contributed by atoms with Crippen molar-refractivity contribution in [3.63, 3.8) is 0 Å². The van der Waals surface area contributed by atoms with Crippen LogP contribution in [0.4, 0.5) is 0 Å². The summed E-state index contributed by atoms with van der Waals surface area (Å²) in [5.74, 6) is -0.391. The van der Waals surface area contributed by atoms with Crippen LogP contribution in [0.1, 0.15) is 16.9 Å². The van der Waals surface area contributed by atoms with Crippen molar-refractivity contribution in [2.75, 3.05) is 6.54 Å². The molecule has 3 aromatic heterocycles. The topological polar surface area (TPSA) is 103 Å². The van der Waals surface area contributed by atoms with Crippen LogP contribution in [0.2, 0.25) is 0 Å². The molecule has 33 heavy (non-hydrogen) atoms. The summed E-state index contributed by atoms with van der Waals surface area (Å²) >= 11 is 0. The Labute approximate surface area is 187 Å². The molecule has 1 amide bonds. The maximum atomic E-state index is 13.0. The van der Waals surface area contributed by atoms with E-state index in [1.165, 1.54) is 13.8 Å². The molecule has 0 saturated carbocycles. The summed E-state index contributed by atoms with van der Waals surface area (Å²) in [5.41, 5.74) is 0.803. The van der Waals surface area contributed by atoms with Crippen molar-refractivity contribution < 1.29 is 4.79 Å². The molecule has 0 saturated heterocycles. The van der Waals surface area contributed by atoms with E-state index in [9.17, 15) is 14.4 Å². The molecule has 0 atom stereocenters. The third kappa shape index (κ3) is 3.80. The number of hydrogen-bond acceptors (Lipinski definition) is 5. The zero-order valence-electron chi connectivity index (χ0n) is 17.6. The van der Waals surface area contributed by atoms with Gasteiger partial charge < -0.3 is 5.32 Å². The van der Waals surface area contributed by atoms with Crippen LogP contribution in [0.25, 0.3) is 22.1 Å². The average Bonchev–Trinajstić information content (AvgIpc) is 3.18. The predicted octanol–water partition coefficient (Wildman–Crippen LogP) is 2.02. The Bertz CT molecular complexity index is 1580. The van der Waals surface area contributed by atoms with Crippen LogP contribution in [-0.2, 0) is 6.54 Å². The second-order valence-electron chi connectivity index (χ2n) is 7.49. The summed E-state index contributed by atoms with van der Waals surface area (Å²) in [7, 11) is 0. The number of amides is 1. The molecule has 0 unspecified atom stereocenters. The number of carbonyl (C=O) groups is 1. The Morgan fingerprint density at radius 2 is 1.58 bits per heavy atom. The van der Waals surface area contributed by atoms with Crippen LogP contribution in [-0.4, -0.2) is 36.4 Å². The average molecular weight is 440 g/mol. The predicted molar refractivity (Wildman–Crippen MR) is 124 cm³/mol. The van der Waals surface area contributed by atoms with Crippen molar-refractivity contribution in [1.82, 2.24) is 29.3 Å². The zero-order chi connectivity index (χ0) is 22.8. The molecule has 0 aliphatic heterocycles. The van der Waals surface area contributed by atoms with Gasteiger partial charge in [0.05, 0.1) is 11.1 Å². The number of hydrogen-bond donors (Lipinski definition) is 1. The number of benzene rings is 2. The van der Waals surface area contributed by atoms with E-state index in [-0.39, 0.29) is 16.9 Å². The van der Waals surface area contributed by atoms with Gasteiger partial charge in [0.2, 0.25) is 0 Å². The maximum Gasteiger partial charge on any atom is 0.350 e. The smallest absolute Gasteiger partial charge is 0.350 e. The first-order valence-corrected chi connectivity index (χ1v) is 10.5. The number of fused-ring (bicyclic) bond motifs is 2. The Hall–Kier alpha value is -4.53. The highest BCUT2D eigenvalue weighted by molar-refractivity contribution is 6.04. The van der Waals surface area contributed by atoms with Gasteiger partial charge in [-0.2, -0.15) is 9.78 Å². The minimum Gasteiger partial charge on any atom is -0.351 e. The quantitative estimate of drug-likeness (QED) is 0.407. The van der Waals surface area contributed by atoms with Crippen LogP contribution < -0.4 is 16.6 Å². The molecule has 164 valence electrons. The van der Waals surface area contributed by atoms with Crippen LogP contribution in [0, 0.1) is 0 Å². The highest BCUT2D eigenvalue weighted by atomic mass is 16.2. The van der Waals surface area contributed by atoms with Gasteiger partial charge in [0.25, 0.3) is 11.5 Å². The SMILES string of the molecule is O=C(NCCCn1nc2ccccn2c1=O)c1nn(-c2ccccc2)c(=O)c2ccccc12. The highest BCUT2D eigenvalue weighted by Crippen LogP contribution is 2.15. The molecule has 9 heteroatoms. The monoisotopic (exact) mass is 440 g/mol. The van der Waals surface area contributed by atoms with Crippen molar-refractivity contribution in [1.29, 1.82) is 0 Å². The lowest BCUT2D eigenvalue weighted by Crippen LogP contribution is -2.31. The highest BCUT2D eigenvalue weighted by Gasteiger charge is 2.17. The van der Waals surface area contributed by atoms with E-state index in [0.717, 1.165) is 0 Å². The van der Waals surface area contributed by atoms with E-state index in [2.05, 4.69) is 15.5 Å². The van der Waals surface area contributed by atoms with Crippen molar-refractivity contribution in [3.05, 3.63) is 106 Å². The van der Waals surface area contributed by atoms with Gasteiger partial charge in [0.1, 0.15) is 0 Å². The molecule has 3 heterocycles. The Morgan fingerprint density at radius 3 is 2.36 bits per heavy atom. The Balaban J connectivity index is 1.37. The lowest BCUT2D eigenvalue weighted by molar-refractivity contribution is 0.0947. The van der Waals surface area contributed by atoms with Gasteiger partial charge in [-0.15, -0.1) is 5.10 Å². The summed E-state index contributed by atoms with van der Waals surface area (Å²) in [4.78, 5) is 38.3. The molecule has 2 aromatic carbocycles. The third-order valence-electron chi connectivity index (χ3n) is 5.34. The van der Waals surface area contributed by atoms with Crippen molar-refractivity contribution in [2.24, 2.45) is 0 Å². The van der Waals surface area contributed by atoms with Gasteiger partial charge in [0.15, 0.2) is 11.3 Å². The van der Waals surface area contributed by atoms with E-state index >= 15 is 0 Å². The lowest BCUT2D eigenvalue weighted by atomic mass is 10.1. The number of nitrogens with one attached hydrogen (secondary N) is 1. The number of aryl methyl sites for hydroxylation is 1. The molecule has 0 spiro atoms. The normalized spacial score (nSPS) is 11.2. The molecule has 0 bridgehead atoms.